The molecule has 15 heavy (non-hydrogen) atoms. The quantitative estimate of drug-likeness (QED) is 0.781. The van der Waals surface area contributed by atoms with Gasteiger partial charge >= 0.3 is 0 Å². The first-order valence-electron chi connectivity index (χ1n) is 4.37. The zero-order valence-electron chi connectivity index (χ0n) is 8.77. The molecule has 0 spiro atoms. The van der Waals surface area contributed by atoms with E-state index >= 15 is 0 Å². The van der Waals surface area contributed by atoms with Crippen molar-refractivity contribution in [1.82, 2.24) is 9.29 Å². The van der Waals surface area contributed by atoms with E-state index in [1.807, 2.05) is 0 Å². The molecule has 1 aromatic heterocycles. The van der Waals surface area contributed by atoms with Crippen LogP contribution in [0.5, 0.6) is 0 Å². The molecular weight excluding hydrogens is 256 g/mol. The number of alkyl halides is 1. The number of hydrogen-bond donors (Lipinski definition) is 0. The third kappa shape index (κ3) is 3.14. The van der Waals surface area contributed by atoms with E-state index in [1.165, 1.54) is 28.9 Å². The Bertz CT molecular complexity index is 428. The molecule has 86 valence electrons. The molecular formula is C8H13ClN2O2S2. The van der Waals surface area contributed by atoms with Gasteiger partial charge < -0.3 is 0 Å². The number of sulfonamides is 1. The third-order valence-electron chi connectivity index (χ3n) is 1.77. The van der Waals surface area contributed by atoms with Crippen LogP contribution in [-0.2, 0) is 10.0 Å². The molecule has 0 amide bonds. The van der Waals surface area contributed by atoms with E-state index in [0.29, 0.717) is 6.54 Å². The predicted octanol–water partition coefficient (Wildman–Crippen LogP) is 1.70. The average Bonchev–Trinajstić information content (AvgIpc) is 2.50. The van der Waals surface area contributed by atoms with Crippen LogP contribution in [0.4, 0.5) is 0 Å². The first kappa shape index (κ1) is 12.9. The topological polar surface area (TPSA) is 50.3 Å². The van der Waals surface area contributed by atoms with Crippen molar-refractivity contribution in [3.8, 4) is 0 Å². The van der Waals surface area contributed by atoms with E-state index in [1.54, 1.807) is 13.8 Å². The minimum absolute atomic E-state index is 0.209. The van der Waals surface area contributed by atoms with E-state index in [9.17, 15) is 8.42 Å². The highest BCUT2D eigenvalue weighted by Crippen LogP contribution is 2.21. The fourth-order valence-electron chi connectivity index (χ4n) is 1.07. The molecule has 0 aromatic carbocycles. The van der Waals surface area contributed by atoms with Crippen LogP contribution in [0.3, 0.4) is 0 Å². The van der Waals surface area contributed by atoms with Crippen molar-refractivity contribution in [3.63, 3.8) is 0 Å². The zero-order valence-corrected chi connectivity index (χ0v) is 11.2. The summed E-state index contributed by atoms with van der Waals surface area (Å²) < 4.78 is 25.3. The molecule has 0 aliphatic carbocycles. The summed E-state index contributed by atoms with van der Waals surface area (Å²) in [7, 11) is -1.89. The highest BCUT2D eigenvalue weighted by Gasteiger charge is 2.23. The van der Waals surface area contributed by atoms with Crippen LogP contribution < -0.4 is 0 Å². The second kappa shape index (κ2) is 4.78. The summed E-state index contributed by atoms with van der Waals surface area (Å²) in [6, 6.07) is 0. The maximum absolute atomic E-state index is 11.9. The lowest BCUT2D eigenvalue weighted by atomic mass is 10.5. The summed E-state index contributed by atoms with van der Waals surface area (Å²) in [4.78, 5) is 3.92. The molecule has 0 saturated carbocycles. The Balaban J connectivity index is 2.93. The van der Waals surface area contributed by atoms with Gasteiger partial charge in [0.05, 0.1) is 11.2 Å². The summed E-state index contributed by atoms with van der Waals surface area (Å²) in [5.74, 6) is 0. The summed E-state index contributed by atoms with van der Waals surface area (Å²) >= 11 is 6.92. The molecule has 1 rings (SSSR count). The molecule has 0 bridgehead atoms. The number of thiazole rings is 1. The third-order valence-corrected chi connectivity index (χ3v) is 5.08. The van der Waals surface area contributed by atoms with E-state index in [-0.39, 0.29) is 9.59 Å². The van der Waals surface area contributed by atoms with Crippen LogP contribution in [0.25, 0.3) is 0 Å². The van der Waals surface area contributed by atoms with Gasteiger partial charge in [-0.1, -0.05) is 0 Å². The number of rotatable bonds is 4. The molecule has 1 heterocycles. The minimum Gasteiger partial charge on any atom is -0.249 e. The van der Waals surface area contributed by atoms with Crippen molar-refractivity contribution >= 4 is 33.0 Å². The van der Waals surface area contributed by atoms with Gasteiger partial charge in [0.2, 0.25) is 0 Å². The van der Waals surface area contributed by atoms with Crippen molar-refractivity contribution in [2.24, 2.45) is 0 Å². The summed E-state index contributed by atoms with van der Waals surface area (Å²) in [5.41, 5.74) is 0. The van der Waals surface area contributed by atoms with E-state index < -0.39 is 10.0 Å². The van der Waals surface area contributed by atoms with Crippen LogP contribution in [0.2, 0.25) is 0 Å². The normalized spacial score (nSPS) is 14.5. The van der Waals surface area contributed by atoms with Crippen molar-refractivity contribution < 1.29 is 8.42 Å². The summed E-state index contributed by atoms with van der Waals surface area (Å²) in [5, 5.41) is 0.527. The lowest BCUT2D eigenvalue weighted by Gasteiger charge is -2.16. The molecule has 0 saturated heterocycles. The smallest absolute Gasteiger partial charge is 0.249 e. The van der Waals surface area contributed by atoms with Crippen molar-refractivity contribution in [1.29, 1.82) is 0 Å². The molecule has 0 fully saturated rings. The van der Waals surface area contributed by atoms with Crippen molar-refractivity contribution in [2.45, 2.75) is 23.4 Å². The van der Waals surface area contributed by atoms with Gasteiger partial charge in [0.25, 0.3) is 10.0 Å². The zero-order chi connectivity index (χ0) is 11.6. The van der Waals surface area contributed by atoms with Gasteiger partial charge in [-0.05, 0) is 13.8 Å². The maximum atomic E-state index is 11.9. The molecule has 0 aliphatic heterocycles. The van der Waals surface area contributed by atoms with Gasteiger partial charge in [-0.3, -0.25) is 0 Å². The second-order valence-electron chi connectivity index (χ2n) is 3.26. The van der Waals surface area contributed by atoms with Crippen LogP contribution in [0.15, 0.2) is 10.4 Å². The van der Waals surface area contributed by atoms with E-state index in [2.05, 4.69) is 4.98 Å². The first-order valence-corrected chi connectivity index (χ1v) is 7.06. The Morgan fingerprint density at radius 1 is 1.67 bits per heavy atom. The fraction of sp³-hybridized carbons (Fsp3) is 0.625. The molecule has 1 atom stereocenters. The molecule has 1 unspecified atom stereocenters. The molecule has 7 heteroatoms. The van der Waals surface area contributed by atoms with Gasteiger partial charge in [0, 0.05) is 19.0 Å². The van der Waals surface area contributed by atoms with Crippen LogP contribution in [-0.4, -0.2) is 36.7 Å². The Morgan fingerprint density at radius 2 is 2.27 bits per heavy atom. The Labute approximate surface area is 98.9 Å². The average molecular weight is 269 g/mol. The minimum atomic E-state index is -3.41. The number of nitrogens with zero attached hydrogens (tertiary/aromatic N) is 2. The fourth-order valence-corrected chi connectivity index (χ4v) is 3.94. The van der Waals surface area contributed by atoms with Gasteiger partial charge in [-0.2, -0.15) is 4.31 Å². The van der Waals surface area contributed by atoms with Gasteiger partial charge in [-0.25, -0.2) is 13.4 Å². The maximum Gasteiger partial charge on any atom is 0.253 e. The van der Waals surface area contributed by atoms with Crippen LogP contribution in [0, 0.1) is 6.92 Å². The Morgan fingerprint density at radius 3 is 2.67 bits per heavy atom. The SMILES string of the molecule is Cc1ncc(S(=O)(=O)N(C)CC(C)Cl)s1. The molecule has 4 nitrogen and oxygen atoms in total. The highest BCUT2D eigenvalue weighted by molar-refractivity contribution is 7.91. The van der Waals surface area contributed by atoms with E-state index in [4.69, 9.17) is 11.6 Å². The molecule has 1 aromatic rings. The second-order valence-corrected chi connectivity index (χ2v) is 7.52. The monoisotopic (exact) mass is 268 g/mol. The number of hydrogen-bond acceptors (Lipinski definition) is 4. The standard InChI is InChI=1S/C8H13ClN2O2S2/c1-6(9)5-11(3)15(12,13)8-4-10-7(2)14-8/h4,6H,5H2,1-3H3. The summed E-state index contributed by atoms with van der Waals surface area (Å²) in [6.07, 6.45) is 1.38. The van der Waals surface area contributed by atoms with Gasteiger partial charge in [-0.15, -0.1) is 22.9 Å². The number of halogens is 1. The number of aromatic nitrogens is 1. The molecule has 0 aliphatic rings. The summed E-state index contributed by atoms with van der Waals surface area (Å²) in [6.45, 7) is 3.82. The predicted molar refractivity (Wildman–Crippen MR) is 62.0 cm³/mol. The van der Waals surface area contributed by atoms with E-state index in [0.717, 1.165) is 5.01 Å². The Hall–Kier alpha value is -0.170. The highest BCUT2D eigenvalue weighted by atomic mass is 35.5. The number of aryl methyl sites for hydroxylation is 1. The van der Waals surface area contributed by atoms with Gasteiger partial charge in [0.1, 0.15) is 0 Å². The van der Waals surface area contributed by atoms with Gasteiger partial charge in [0.15, 0.2) is 4.21 Å². The Kier molecular flexibility index (Phi) is 4.11. The van der Waals surface area contributed by atoms with Crippen LogP contribution in [0.1, 0.15) is 11.9 Å². The first-order chi connectivity index (χ1) is 6.84. The largest absolute Gasteiger partial charge is 0.253 e. The lowest BCUT2D eigenvalue weighted by molar-refractivity contribution is 0.472. The van der Waals surface area contributed by atoms with Crippen molar-refractivity contribution in [3.05, 3.63) is 11.2 Å². The molecule has 0 N–H and O–H groups in total. The lowest BCUT2D eigenvalue weighted by Crippen LogP contribution is -2.30. The van der Waals surface area contributed by atoms with Crippen LogP contribution >= 0.6 is 22.9 Å². The molecule has 0 radical (unpaired) electrons. The van der Waals surface area contributed by atoms with Crippen molar-refractivity contribution in [2.75, 3.05) is 13.6 Å².